The van der Waals surface area contributed by atoms with Gasteiger partial charge in [0.25, 0.3) is 0 Å². The van der Waals surface area contributed by atoms with Gasteiger partial charge in [0, 0.05) is 6.04 Å². The fourth-order valence-corrected chi connectivity index (χ4v) is 1.66. The number of hydrogen-bond acceptors (Lipinski definition) is 3. The lowest BCUT2D eigenvalue weighted by Crippen LogP contribution is -2.34. The van der Waals surface area contributed by atoms with Crippen molar-refractivity contribution in [2.45, 2.75) is 24.9 Å². The van der Waals surface area contributed by atoms with E-state index < -0.39 is 0 Å². The van der Waals surface area contributed by atoms with Gasteiger partial charge in [-0.25, -0.2) is 0 Å². The molecule has 3 N–H and O–H groups in total. The molecule has 1 aliphatic carbocycles. The maximum absolute atomic E-state index is 5.81. The Morgan fingerprint density at radius 2 is 2.41 bits per heavy atom. The summed E-state index contributed by atoms with van der Waals surface area (Å²) in [4.78, 5) is 6.44. The summed E-state index contributed by atoms with van der Waals surface area (Å²) in [7, 11) is 4.01. The van der Waals surface area contributed by atoms with Crippen LogP contribution in [-0.2, 0) is 0 Å². The van der Waals surface area contributed by atoms with Crippen molar-refractivity contribution in [2.24, 2.45) is 10.7 Å². The van der Waals surface area contributed by atoms with Crippen molar-refractivity contribution in [3.63, 3.8) is 0 Å². The molecule has 1 heterocycles. The molecule has 0 aromatic carbocycles. The van der Waals surface area contributed by atoms with E-state index in [-0.39, 0.29) is 6.04 Å². The second kappa shape index (κ2) is 5.23. The Kier molecular flexibility index (Phi) is 3.68. The van der Waals surface area contributed by atoms with Crippen molar-refractivity contribution in [2.75, 3.05) is 20.6 Å². The van der Waals surface area contributed by atoms with Crippen LogP contribution in [0.25, 0.3) is 0 Å². The average Bonchev–Trinajstić information content (AvgIpc) is 2.92. The van der Waals surface area contributed by atoms with Gasteiger partial charge in [-0.2, -0.15) is 0 Å². The minimum absolute atomic E-state index is 0.129. The van der Waals surface area contributed by atoms with Gasteiger partial charge in [0.15, 0.2) is 5.96 Å². The quantitative estimate of drug-likeness (QED) is 0.590. The standard InChI is InChI=1S/C12H20N4O/c1-16(2)10(11-4-3-7-17-11)8-14-12(13)15-9-5-6-9/h3-4,7,9-10H,5-6,8H2,1-2H3,(H3,13,14,15). The van der Waals surface area contributed by atoms with Crippen molar-refractivity contribution >= 4 is 5.96 Å². The van der Waals surface area contributed by atoms with Gasteiger partial charge in [0.2, 0.25) is 0 Å². The third kappa shape index (κ3) is 3.49. The summed E-state index contributed by atoms with van der Waals surface area (Å²) in [5.74, 6) is 1.45. The predicted octanol–water partition coefficient (Wildman–Crippen LogP) is 0.949. The van der Waals surface area contributed by atoms with Crippen molar-refractivity contribution in [1.29, 1.82) is 0 Å². The molecule has 0 amide bonds. The number of likely N-dealkylation sites (N-methyl/N-ethyl adjacent to an activating group) is 1. The molecule has 0 radical (unpaired) electrons. The highest BCUT2D eigenvalue weighted by atomic mass is 16.3. The topological polar surface area (TPSA) is 66.8 Å². The average molecular weight is 236 g/mol. The fourth-order valence-electron chi connectivity index (χ4n) is 1.66. The molecule has 1 aromatic heterocycles. The van der Waals surface area contributed by atoms with Gasteiger partial charge in [-0.15, -0.1) is 0 Å². The number of furan rings is 1. The zero-order valence-corrected chi connectivity index (χ0v) is 10.4. The maximum atomic E-state index is 5.81. The van der Waals surface area contributed by atoms with Crippen LogP contribution in [0.1, 0.15) is 24.6 Å². The second-order valence-corrected chi connectivity index (χ2v) is 4.64. The molecule has 0 aliphatic heterocycles. The molecular weight excluding hydrogens is 216 g/mol. The van der Waals surface area contributed by atoms with E-state index in [9.17, 15) is 0 Å². The van der Waals surface area contributed by atoms with Crippen LogP contribution in [0.5, 0.6) is 0 Å². The maximum Gasteiger partial charge on any atom is 0.188 e. The molecule has 0 bridgehead atoms. The summed E-state index contributed by atoms with van der Waals surface area (Å²) in [5.41, 5.74) is 5.81. The predicted molar refractivity (Wildman–Crippen MR) is 67.8 cm³/mol. The molecule has 1 aliphatic rings. The summed E-state index contributed by atoms with van der Waals surface area (Å²) in [5, 5.41) is 3.17. The molecular formula is C12H20N4O. The molecule has 0 saturated heterocycles. The van der Waals surface area contributed by atoms with Crippen molar-refractivity contribution in [3.8, 4) is 0 Å². The van der Waals surface area contributed by atoms with E-state index in [0.29, 0.717) is 18.5 Å². The minimum atomic E-state index is 0.129. The third-order valence-electron chi connectivity index (χ3n) is 2.86. The van der Waals surface area contributed by atoms with Gasteiger partial charge in [-0.3, -0.25) is 9.89 Å². The van der Waals surface area contributed by atoms with Gasteiger partial charge in [-0.05, 0) is 39.1 Å². The van der Waals surface area contributed by atoms with Gasteiger partial charge in [0.05, 0.1) is 18.8 Å². The van der Waals surface area contributed by atoms with Crippen LogP contribution in [0.4, 0.5) is 0 Å². The van der Waals surface area contributed by atoms with Crippen LogP contribution in [-0.4, -0.2) is 37.5 Å². The van der Waals surface area contributed by atoms with Crippen LogP contribution in [0.15, 0.2) is 27.8 Å². The van der Waals surface area contributed by atoms with E-state index in [4.69, 9.17) is 10.2 Å². The molecule has 1 saturated carbocycles. The first-order valence-corrected chi connectivity index (χ1v) is 5.93. The van der Waals surface area contributed by atoms with E-state index in [1.54, 1.807) is 6.26 Å². The number of nitrogens with one attached hydrogen (secondary N) is 1. The molecule has 1 aromatic rings. The van der Waals surface area contributed by atoms with Crippen LogP contribution in [0.2, 0.25) is 0 Å². The van der Waals surface area contributed by atoms with Crippen molar-refractivity contribution in [1.82, 2.24) is 10.2 Å². The lowest BCUT2D eigenvalue weighted by molar-refractivity contribution is 0.265. The summed E-state index contributed by atoms with van der Waals surface area (Å²) < 4.78 is 5.41. The number of aliphatic imine (C=N–C) groups is 1. The summed E-state index contributed by atoms with van der Waals surface area (Å²) in [6, 6.07) is 4.52. The van der Waals surface area contributed by atoms with Gasteiger partial charge in [0.1, 0.15) is 5.76 Å². The molecule has 17 heavy (non-hydrogen) atoms. The van der Waals surface area contributed by atoms with E-state index in [1.165, 1.54) is 12.8 Å². The van der Waals surface area contributed by atoms with Crippen LogP contribution in [0.3, 0.4) is 0 Å². The van der Waals surface area contributed by atoms with E-state index in [1.807, 2.05) is 26.2 Å². The van der Waals surface area contributed by atoms with Gasteiger partial charge >= 0.3 is 0 Å². The SMILES string of the molecule is CN(C)C(CN=C(N)NC1CC1)c1ccco1. The van der Waals surface area contributed by atoms with E-state index in [2.05, 4.69) is 15.2 Å². The number of guanidine groups is 1. The highest BCUT2D eigenvalue weighted by Crippen LogP contribution is 2.20. The number of nitrogens with zero attached hydrogens (tertiary/aromatic N) is 2. The zero-order valence-electron chi connectivity index (χ0n) is 10.4. The number of rotatable bonds is 5. The van der Waals surface area contributed by atoms with Gasteiger partial charge in [-0.1, -0.05) is 0 Å². The van der Waals surface area contributed by atoms with E-state index >= 15 is 0 Å². The Morgan fingerprint density at radius 1 is 1.65 bits per heavy atom. The first-order valence-electron chi connectivity index (χ1n) is 5.93. The lowest BCUT2D eigenvalue weighted by atomic mass is 10.2. The first kappa shape index (κ1) is 12.0. The Labute approximate surface area is 102 Å². The highest BCUT2D eigenvalue weighted by molar-refractivity contribution is 5.78. The van der Waals surface area contributed by atoms with Crippen molar-refractivity contribution in [3.05, 3.63) is 24.2 Å². The Hall–Kier alpha value is -1.49. The fraction of sp³-hybridized carbons (Fsp3) is 0.583. The molecule has 1 unspecified atom stereocenters. The molecule has 5 heteroatoms. The normalized spacial score (nSPS) is 18.4. The third-order valence-corrected chi connectivity index (χ3v) is 2.86. The Balaban J connectivity index is 1.93. The molecule has 1 atom stereocenters. The Bertz CT molecular complexity index is 368. The smallest absolute Gasteiger partial charge is 0.188 e. The molecule has 94 valence electrons. The van der Waals surface area contributed by atoms with Crippen molar-refractivity contribution < 1.29 is 4.42 Å². The highest BCUT2D eigenvalue weighted by Gasteiger charge is 2.22. The van der Waals surface area contributed by atoms with E-state index in [0.717, 1.165) is 5.76 Å². The van der Waals surface area contributed by atoms with Crippen LogP contribution >= 0.6 is 0 Å². The number of hydrogen-bond donors (Lipinski definition) is 2. The molecule has 5 nitrogen and oxygen atoms in total. The minimum Gasteiger partial charge on any atom is -0.468 e. The second-order valence-electron chi connectivity index (χ2n) is 4.64. The zero-order chi connectivity index (χ0) is 12.3. The monoisotopic (exact) mass is 236 g/mol. The Morgan fingerprint density at radius 3 is 2.94 bits per heavy atom. The summed E-state index contributed by atoms with van der Waals surface area (Å²) in [6.45, 7) is 0.603. The lowest BCUT2D eigenvalue weighted by Gasteiger charge is -2.20. The van der Waals surface area contributed by atoms with Crippen LogP contribution < -0.4 is 11.1 Å². The summed E-state index contributed by atoms with van der Waals surface area (Å²) in [6.07, 6.45) is 4.08. The molecule has 2 rings (SSSR count). The molecule has 1 fully saturated rings. The molecule has 0 spiro atoms. The van der Waals surface area contributed by atoms with Crippen LogP contribution in [0, 0.1) is 0 Å². The largest absolute Gasteiger partial charge is 0.468 e. The first-order chi connectivity index (χ1) is 8.16. The summed E-state index contributed by atoms with van der Waals surface area (Å²) >= 11 is 0. The van der Waals surface area contributed by atoms with Gasteiger partial charge < -0.3 is 15.5 Å². The number of nitrogens with two attached hydrogens (primary N) is 1.